The molecular weight excluding hydrogens is 176 g/mol. The first-order chi connectivity index (χ1) is 5.77. The van der Waals surface area contributed by atoms with Crippen molar-refractivity contribution in [1.29, 1.82) is 5.26 Å². The highest BCUT2D eigenvalue weighted by molar-refractivity contribution is 6.32. The number of hydrogen-bond donors (Lipinski definition) is 1. The zero-order chi connectivity index (χ0) is 8.97. The van der Waals surface area contributed by atoms with Crippen LogP contribution in [0.3, 0.4) is 0 Å². The second kappa shape index (κ2) is 3.84. The van der Waals surface area contributed by atoms with E-state index in [0.717, 1.165) is 0 Å². The number of benzene rings is 1. The van der Waals surface area contributed by atoms with Crippen LogP contribution in [0.1, 0.15) is 0 Å². The van der Waals surface area contributed by atoms with Gasteiger partial charge >= 0.3 is 0 Å². The molecule has 0 atom stereocenters. The van der Waals surface area contributed by atoms with Crippen LogP contribution in [-0.2, 0) is 0 Å². The highest BCUT2D eigenvalue weighted by Gasteiger charge is 1.99. The molecule has 12 heavy (non-hydrogen) atoms. The van der Waals surface area contributed by atoms with Crippen LogP contribution in [0, 0.1) is 11.5 Å². The summed E-state index contributed by atoms with van der Waals surface area (Å²) in [4.78, 5) is 0. The van der Waals surface area contributed by atoms with E-state index in [1.807, 2.05) is 0 Å². The van der Waals surface area contributed by atoms with Crippen molar-refractivity contribution in [3.05, 3.63) is 23.2 Å². The first-order valence-corrected chi connectivity index (χ1v) is 3.64. The molecule has 1 N–H and O–H groups in total. The summed E-state index contributed by atoms with van der Waals surface area (Å²) in [5, 5.41) is 11.3. The standard InChI is InChI=1S/C8H7ClN2O/c1-12-8-3-2-6(11-5-10)4-7(8)9/h2-4,11H,1H3. The number of anilines is 1. The molecule has 0 unspecified atom stereocenters. The molecule has 62 valence electrons. The van der Waals surface area contributed by atoms with Crippen LogP contribution in [-0.4, -0.2) is 7.11 Å². The molecule has 0 amide bonds. The van der Waals surface area contributed by atoms with Crippen LogP contribution in [0.2, 0.25) is 5.02 Å². The number of nitrogens with one attached hydrogen (secondary N) is 1. The predicted molar refractivity (Wildman–Crippen MR) is 47.2 cm³/mol. The summed E-state index contributed by atoms with van der Waals surface area (Å²) in [7, 11) is 1.54. The number of rotatable bonds is 2. The van der Waals surface area contributed by atoms with Gasteiger partial charge in [-0.1, -0.05) is 11.6 Å². The number of ether oxygens (including phenoxy) is 1. The molecule has 0 saturated carbocycles. The smallest absolute Gasteiger partial charge is 0.181 e. The van der Waals surface area contributed by atoms with E-state index in [-0.39, 0.29) is 0 Å². The Hall–Kier alpha value is -1.40. The van der Waals surface area contributed by atoms with Crippen molar-refractivity contribution in [2.24, 2.45) is 0 Å². The van der Waals surface area contributed by atoms with E-state index in [2.05, 4.69) is 5.32 Å². The Bertz CT molecular complexity index is 319. The lowest BCUT2D eigenvalue weighted by Gasteiger charge is -2.03. The molecule has 1 rings (SSSR count). The largest absolute Gasteiger partial charge is 0.495 e. The summed E-state index contributed by atoms with van der Waals surface area (Å²) in [5.74, 6) is 0.597. The second-order valence-electron chi connectivity index (χ2n) is 2.09. The van der Waals surface area contributed by atoms with Crippen molar-refractivity contribution in [2.75, 3.05) is 12.4 Å². The SMILES string of the molecule is COc1ccc(NC#N)cc1Cl. The van der Waals surface area contributed by atoms with Gasteiger partial charge in [-0.15, -0.1) is 0 Å². The topological polar surface area (TPSA) is 45.0 Å². The lowest BCUT2D eigenvalue weighted by Crippen LogP contribution is -1.88. The van der Waals surface area contributed by atoms with E-state index < -0.39 is 0 Å². The number of nitrogens with zero attached hydrogens (tertiary/aromatic N) is 1. The number of methoxy groups -OCH3 is 1. The summed E-state index contributed by atoms with van der Waals surface area (Å²) in [5.41, 5.74) is 0.656. The summed E-state index contributed by atoms with van der Waals surface area (Å²) >= 11 is 5.79. The van der Waals surface area contributed by atoms with Crippen molar-refractivity contribution in [2.45, 2.75) is 0 Å². The zero-order valence-corrected chi connectivity index (χ0v) is 7.22. The molecule has 4 heteroatoms. The van der Waals surface area contributed by atoms with Gasteiger partial charge in [0, 0.05) is 5.69 Å². The van der Waals surface area contributed by atoms with Gasteiger partial charge in [-0.2, -0.15) is 5.26 Å². The number of nitriles is 1. The molecule has 0 heterocycles. The van der Waals surface area contributed by atoms with Gasteiger partial charge in [0.1, 0.15) is 5.75 Å². The Labute approximate surface area is 75.5 Å². The minimum Gasteiger partial charge on any atom is -0.495 e. The average Bonchev–Trinajstić information content (AvgIpc) is 2.05. The van der Waals surface area contributed by atoms with Gasteiger partial charge in [0.15, 0.2) is 6.19 Å². The molecule has 0 aliphatic heterocycles. The molecule has 0 aliphatic carbocycles. The minimum atomic E-state index is 0.484. The summed E-state index contributed by atoms with van der Waals surface area (Å²) in [6.45, 7) is 0. The summed E-state index contributed by atoms with van der Waals surface area (Å²) in [6, 6.07) is 5.04. The van der Waals surface area contributed by atoms with Crippen molar-refractivity contribution in [1.82, 2.24) is 0 Å². The quantitative estimate of drug-likeness (QED) is 0.564. The van der Waals surface area contributed by atoms with Gasteiger partial charge in [-0.25, -0.2) is 0 Å². The Kier molecular flexibility index (Phi) is 2.78. The maximum absolute atomic E-state index is 8.30. The third-order valence-electron chi connectivity index (χ3n) is 1.35. The van der Waals surface area contributed by atoms with Gasteiger partial charge in [-0.3, -0.25) is 5.32 Å². The Balaban J connectivity index is 2.95. The normalized spacial score (nSPS) is 8.75. The molecule has 0 saturated heterocycles. The van der Waals surface area contributed by atoms with Crippen LogP contribution in [0.5, 0.6) is 5.75 Å². The zero-order valence-electron chi connectivity index (χ0n) is 6.47. The Morgan fingerprint density at radius 3 is 2.83 bits per heavy atom. The van der Waals surface area contributed by atoms with Gasteiger partial charge in [-0.05, 0) is 18.2 Å². The van der Waals surface area contributed by atoms with Gasteiger partial charge < -0.3 is 4.74 Å². The lowest BCUT2D eigenvalue weighted by molar-refractivity contribution is 0.415. The Morgan fingerprint density at radius 1 is 1.58 bits per heavy atom. The first-order valence-electron chi connectivity index (χ1n) is 3.26. The highest BCUT2D eigenvalue weighted by atomic mass is 35.5. The van der Waals surface area contributed by atoms with Crippen LogP contribution < -0.4 is 10.1 Å². The monoisotopic (exact) mass is 182 g/mol. The fourth-order valence-corrected chi connectivity index (χ4v) is 1.07. The molecule has 1 aromatic rings. The Morgan fingerprint density at radius 2 is 2.33 bits per heavy atom. The van der Waals surface area contributed by atoms with Gasteiger partial charge in [0.25, 0.3) is 0 Å². The van der Waals surface area contributed by atoms with E-state index in [1.54, 1.807) is 31.5 Å². The van der Waals surface area contributed by atoms with Crippen LogP contribution in [0.4, 0.5) is 5.69 Å². The summed E-state index contributed by atoms with van der Waals surface area (Å²) in [6.07, 6.45) is 1.80. The molecule has 0 spiro atoms. The van der Waals surface area contributed by atoms with Crippen molar-refractivity contribution in [3.8, 4) is 11.9 Å². The number of halogens is 1. The fourth-order valence-electron chi connectivity index (χ4n) is 0.809. The third kappa shape index (κ3) is 1.80. The molecular formula is C8H7ClN2O. The van der Waals surface area contributed by atoms with Crippen LogP contribution >= 0.6 is 11.6 Å². The molecule has 0 radical (unpaired) electrons. The average molecular weight is 183 g/mol. The van der Waals surface area contributed by atoms with Crippen molar-refractivity contribution >= 4 is 17.3 Å². The fraction of sp³-hybridized carbons (Fsp3) is 0.125. The molecule has 0 aromatic heterocycles. The van der Waals surface area contributed by atoms with E-state index >= 15 is 0 Å². The van der Waals surface area contributed by atoms with E-state index in [0.29, 0.717) is 16.5 Å². The van der Waals surface area contributed by atoms with E-state index in [1.165, 1.54) is 0 Å². The van der Waals surface area contributed by atoms with Crippen molar-refractivity contribution in [3.63, 3.8) is 0 Å². The van der Waals surface area contributed by atoms with E-state index in [9.17, 15) is 0 Å². The van der Waals surface area contributed by atoms with Gasteiger partial charge in [0.05, 0.1) is 12.1 Å². The second-order valence-corrected chi connectivity index (χ2v) is 2.49. The molecule has 3 nitrogen and oxygen atoms in total. The maximum atomic E-state index is 8.30. The minimum absolute atomic E-state index is 0.484. The molecule has 0 aliphatic rings. The highest BCUT2D eigenvalue weighted by Crippen LogP contribution is 2.26. The van der Waals surface area contributed by atoms with Crippen LogP contribution in [0.15, 0.2) is 18.2 Å². The van der Waals surface area contributed by atoms with Gasteiger partial charge in [0.2, 0.25) is 0 Å². The molecule has 1 aromatic carbocycles. The van der Waals surface area contributed by atoms with Crippen LogP contribution in [0.25, 0.3) is 0 Å². The lowest BCUT2D eigenvalue weighted by atomic mass is 10.3. The summed E-state index contributed by atoms with van der Waals surface area (Å²) < 4.78 is 4.94. The number of hydrogen-bond acceptors (Lipinski definition) is 3. The third-order valence-corrected chi connectivity index (χ3v) is 1.65. The molecule has 0 fully saturated rings. The van der Waals surface area contributed by atoms with E-state index in [4.69, 9.17) is 21.6 Å². The first kappa shape index (κ1) is 8.69. The van der Waals surface area contributed by atoms with Crippen molar-refractivity contribution < 1.29 is 4.74 Å². The maximum Gasteiger partial charge on any atom is 0.181 e. The molecule has 0 bridgehead atoms. The predicted octanol–water partition coefficient (Wildman–Crippen LogP) is 2.24.